The Labute approximate surface area is 185 Å². The summed E-state index contributed by atoms with van der Waals surface area (Å²) in [4.78, 5) is 1.48. The first-order chi connectivity index (χ1) is 14.0. The standard InChI is InChI=1S/C22H25F4NO3.ClH/c1-20(2,16-12-15(23)8-9-18(16)29-3)13-21(28,22(24,25)26)14-27-10-11-30-19-7-5-4-6-17(19)27;/h4-9,12,28H,10-11,13-14H2,1-3H3;1H. The maximum absolute atomic E-state index is 14.1. The van der Waals surface area contributed by atoms with Gasteiger partial charge >= 0.3 is 6.18 Å². The minimum Gasteiger partial charge on any atom is -0.496 e. The third-order valence-electron chi connectivity index (χ3n) is 5.43. The fourth-order valence-corrected chi connectivity index (χ4v) is 3.99. The van der Waals surface area contributed by atoms with Crippen molar-refractivity contribution in [3.8, 4) is 11.5 Å². The molecule has 0 fully saturated rings. The molecular formula is C22H26ClF4NO3. The van der Waals surface area contributed by atoms with Crippen LogP contribution in [-0.4, -0.2) is 43.7 Å². The predicted molar refractivity (Wildman–Crippen MR) is 113 cm³/mol. The Morgan fingerprint density at radius 1 is 1.13 bits per heavy atom. The fraction of sp³-hybridized carbons (Fsp3) is 0.455. The molecule has 0 saturated heterocycles. The number of anilines is 1. The second kappa shape index (κ2) is 9.12. The van der Waals surface area contributed by atoms with Crippen molar-refractivity contribution >= 4 is 18.1 Å². The second-order valence-electron chi connectivity index (χ2n) is 8.17. The number of hydrogen-bond acceptors (Lipinski definition) is 4. The molecule has 1 atom stereocenters. The topological polar surface area (TPSA) is 41.9 Å². The monoisotopic (exact) mass is 463 g/mol. The van der Waals surface area contributed by atoms with Crippen LogP contribution in [0.4, 0.5) is 23.2 Å². The highest BCUT2D eigenvalue weighted by Gasteiger charge is 2.57. The number of halogens is 5. The van der Waals surface area contributed by atoms with Gasteiger partial charge in [-0.2, -0.15) is 13.2 Å². The van der Waals surface area contributed by atoms with Crippen molar-refractivity contribution in [2.45, 2.75) is 37.5 Å². The summed E-state index contributed by atoms with van der Waals surface area (Å²) in [6, 6.07) is 10.5. The van der Waals surface area contributed by atoms with Gasteiger partial charge < -0.3 is 19.5 Å². The van der Waals surface area contributed by atoms with Gasteiger partial charge in [-0.15, -0.1) is 12.4 Å². The average Bonchev–Trinajstić information content (AvgIpc) is 2.67. The first-order valence-electron chi connectivity index (χ1n) is 9.57. The van der Waals surface area contributed by atoms with E-state index >= 15 is 0 Å². The third-order valence-corrected chi connectivity index (χ3v) is 5.43. The van der Waals surface area contributed by atoms with Crippen molar-refractivity contribution in [2.24, 2.45) is 0 Å². The van der Waals surface area contributed by atoms with Crippen molar-refractivity contribution in [1.29, 1.82) is 0 Å². The van der Waals surface area contributed by atoms with Crippen molar-refractivity contribution in [1.82, 2.24) is 0 Å². The van der Waals surface area contributed by atoms with E-state index in [-0.39, 0.29) is 36.9 Å². The highest BCUT2D eigenvalue weighted by Crippen LogP contribution is 2.45. The molecule has 0 spiro atoms. The van der Waals surface area contributed by atoms with Gasteiger partial charge in [0.25, 0.3) is 0 Å². The lowest BCUT2D eigenvalue weighted by atomic mass is 9.74. The van der Waals surface area contributed by atoms with Crippen molar-refractivity contribution < 1.29 is 32.1 Å². The molecular weight excluding hydrogens is 438 g/mol. The number of hydrogen-bond donors (Lipinski definition) is 1. The number of benzene rings is 2. The molecule has 1 aliphatic heterocycles. The number of aliphatic hydroxyl groups is 1. The van der Waals surface area contributed by atoms with Gasteiger partial charge in [-0.3, -0.25) is 0 Å². The lowest BCUT2D eigenvalue weighted by molar-refractivity contribution is -0.262. The van der Waals surface area contributed by atoms with E-state index in [1.165, 1.54) is 38.0 Å². The number of rotatable bonds is 6. The predicted octanol–water partition coefficient (Wildman–Crippen LogP) is 5.12. The molecule has 2 aromatic carbocycles. The molecule has 0 saturated carbocycles. The van der Waals surface area contributed by atoms with Crippen molar-refractivity contribution in [3.05, 3.63) is 53.8 Å². The van der Waals surface area contributed by atoms with Gasteiger partial charge in [-0.25, -0.2) is 4.39 Å². The van der Waals surface area contributed by atoms with E-state index in [1.54, 1.807) is 24.3 Å². The molecule has 172 valence electrons. The van der Waals surface area contributed by atoms with E-state index in [2.05, 4.69) is 0 Å². The summed E-state index contributed by atoms with van der Waals surface area (Å²) >= 11 is 0. The molecule has 1 N–H and O–H groups in total. The molecule has 2 aromatic rings. The highest BCUT2D eigenvalue weighted by atomic mass is 35.5. The van der Waals surface area contributed by atoms with Crippen molar-refractivity contribution in [3.63, 3.8) is 0 Å². The van der Waals surface area contributed by atoms with Gasteiger partial charge in [-0.05, 0) is 42.2 Å². The largest absolute Gasteiger partial charge is 0.496 e. The summed E-state index contributed by atoms with van der Waals surface area (Å²) < 4.78 is 67.0. The molecule has 31 heavy (non-hydrogen) atoms. The van der Waals surface area contributed by atoms with Crippen LogP contribution in [0.15, 0.2) is 42.5 Å². The number of β-amino-alcohol motifs (C(OH)–C–C–N with tert-alkyl or cyclic N) is 1. The van der Waals surface area contributed by atoms with Gasteiger partial charge in [0.2, 0.25) is 0 Å². The molecule has 0 aliphatic carbocycles. The zero-order chi connectivity index (χ0) is 22.2. The SMILES string of the molecule is COc1ccc(F)cc1C(C)(C)CC(O)(CN1CCOc2ccccc21)C(F)(F)F.Cl. The molecule has 0 aromatic heterocycles. The normalized spacial score (nSPS) is 15.9. The summed E-state index contributed by atoms with van der Waals surface area (Å²) in [5.41, 5.74) is -3.52. The van der Waals surface area contributed by atoms with E-state index in [1.807, 2.05) is 0 Å². The van der Waals surface area contributed by atoms with Crippen LogP contribution < -0.4 is 14.4 Å². The molecule has 0 bridgehead atoms. The lowest BCUT2D eigenvalue weighted by Crippen LogP contribution is -2.57. The van der Waals surface area contributed by atoms with Gasteiger partial charge in [0.1, 0.15) is 23.9 Å². The fourth-order valence-electron chi connectivity index (χ4n) is 3.99. The third kappa shape index (κ3) is 5.18. The maximum atomic E-state index is 14.1. The smallest absolute Gasteiger partial charge is 0.418 e. The Bertz CT molecular complexity index is 907. The highest BCUT2D eigenvalue weighted by molar-refractivity contribution is 5.85. The van der Waals surface area contributed by atoms with Crippen LogP contribution in [-0.2, 0) is 5.41 Å². The number of nitrogens with zero attached hydrogens (tertiary/aromatic N) is 1. The molecule has 4 nitrogen and oxygen atoms in total. The van der Waals surface area contributed by atoms with Crippen LogP contribution in [0.2, 0.25) is 0 Å². The molecule has 1 aliphatic rings. The van der Waals surface area contributed by atoms with E-state index in [0.717, 1.165) is 6.07 Å². The molecule has 9 heteroatoms. The van der Waals surface area contributed by atoms with Crippen LogP contribution in [0, 0.1) is 5.82 Å². The number of fused-ring (bicyclic) bond motifs is 1. The summed E-state index contributed by atoms with van der Waals surface area (Å²) in [5, 5.41) is 10.9. The van der Waals surface area contributed by atoms with Crippen LogP contribution >= 0.6 is 12.4 Å². The number of ether oxygens (including phenoxy) is 2. The summed E-state index contributed by atoms with van der Waals surface area (Å²) in [7, 11) is 1.37. The maximum Gasteiger partial charge on any atom is 0.418 e. The molecule has 0 amide bonds. The Morgan fingerprint density at radius 3 is 2.45 bits per heavy atom. The minimum absolute atomic E-state index is 0. The molecule has 1 unspecified atom stereocenters. The first kappa shape index (κ1) is 25.1. The first-order valence-corrected chi connectivity index (χ1v) is 9.57. The minimum atomic E-state index is -4.90. The van der Waals surface area contributed by atoms with Crippen molar-refractivity contribution in [2.75, 3.05) is 31.7 Å². The van der Waals surface area contributed by atoms with Gasteiger partial charge in [0.15, 0.2) is 5.60 Å². The lowest BCUT2D eigenvalue weighted by Gasteiger charge is -2.42. The van der Waals surface area contributed by atoms with Crippen LogP contribution in [0.1, 0.15) is 25.8 Å². The number of methoxy groups -OCH3 is 1. The second-order valence-corrected chi connectivity index (χ2v) is 8.17. The zero-order valence-corrected chi connectivity index (χ0v) is 18.3. The van der Waals surface area contributed by atoms with E-state index < -0.39 is 36.0 Å². The zero-order valence-electron chi connectivity index (χ0n) is 17.5. The van der Waals surface area contributed by atoms with Gasteiger partial charge in [0.05, 0.1) is 25.9 Å². The average molecular weight is 464 g/mol. The molecule has 1 heterocycles. The molecule has 3 rings (SSSR count). The summed E-state index contributed by atoms with van der Waals surface area (Å²) in [5.74, 6) is 0.151. The van der Waals surface area contributed by atoms with E-state index in [0.29, 0.717) is 11.4 Å². The van der Waals surface area contributed by atoms with Gasteiger partial charge in [0, 0.05) is 5.56 Å². The number of alkyl halides is 3. The Kier molecular flexibility index (Phi) is 7.38. The summed E-state index contributed by atoms with van der Waals surface area (Å²) in [6.45, 7) is 2.83. The Morgan fingerprint density at radius 2 is 1.81 bits per heavy atom. The van der Waals surface area contributed by atoms with E-state index in [4.69, 9.17) is 9.47 Å². The van der Waals surface area contributed by atoms with E-state index in [9.17, 15) is 22.7 Å². The van der Waals surface area contributed by atoms with Crippen LogP contribution in [0.5, 0.6) is 11.5 Å². The quantitative estimate of drug-likeness (QED) is 0.604. The van der Waals surface area contributed by atoms with Gasteiger partial charge in [-0.1, -0.05) is 26.0 Å². The Hall–Kier alpha value is -2.19. The Balaban J connectivity index is 0.00000341. The number of para-hydroxylation sites is 2. The van der Waals surface area contributed by atoms with Crippen LogP contribution in [0.3, 0.4) is 0 Å². The van der Waals surface area contributed by atoms with Crippen LogP contribution in [0.25, 0.3) is 0 Å². The summed E-state index contributed by atoms with van der Waals surface area (Å²) in [6.07, 6.45) is -5.58. The molecule has 0 radical (unpaired) electrons.